The van der Waals surface area contributed by atoms with E-state index in [9.17, 15) is 13.2 Å². The molecule has 0 bridgehead atoms. The molecule has 9 nitrogen and oxygen atoms in total. The van der Waals surface area contributed by atoms with Crippen LogP contribution in [0.2, 0.25) is 0 Å². The second-order valence-corrected chi connectivity index (χ2v) is 7.78. The number of amides is 1. The molecule has 1 amide bonds. The number of tetrazole rings is 1. The molecule has 0 aliphatic heterocycles. The molecular formula is C18H20N6O3S. The number of nitrogens with one attached hydrogen (secondary N) is 1. The van der Waals surface area contributed by atoms with Gasteiger partial charge < -0.3 is 5.32 Å². The maximum atomic E-state index is 12.8. The molecular weight excluding hydrogens is 380 g/mol. The van der Waals surface area contributed by atoms with Gasteiger partial charge >= 0.3 is 0 Å². The van der Waals surface area contributed by atoms with Crippen molar-refractivity contribution in [2.75, 3.05) is 18.4 Å². The van der Waals surface area contributed by atoms with Gasteiger partial charge in [-0.2, -0.15) is 8.99 Å². The first-order valence-electron chi connectivity index (χ1n) is 8.71. The van der Waals surface area contributed by atoms with E-state index in [1.165, 1.54) is 27.4 Å². The van der Waals surface area contributed by atoms with Gasteiger partial charge in [0, 0.05) is 18.8 Å². The van der Waals surface area contributed by atoms with Crippen molar-refractivity contribution in [1.29, 1.82) is 0 Å². The number of para-hydroxylation sites is 1. The Kier molecular flexibility index (Phi) is 5.81. The van der Waals surface area contributed by atoms with Gasteiger partial charge in [-0.15, -0.1) is 5.10 Å². The summed E-state index contributed by atoms with van der Waals surface area (Å²) >= 11 is 0. The number of nitrogens with zero attached hydrogens (tertiary/aromatic N) is 5. The highest BCUT2D eigenvalue weighted by atomic mass is 32.2. The third kappa shape index (κ3) is 3.92. The molecule has 0 aliphatic rings. The third-order valence-electron chi connectivity index (χ3n) is 4.18. The Bertz CT molecular complexity index is 1060. The lowest BCUT2D eigenvalue weighted by atomic mass is 10.1. The SMILES string of the molecule is CCN(CC)S(=O)(=O)c1cccc(NC(=O)c2ccccc2-n2cnnn2)c1. The lowest BCUT2D eigenvalue weighted by Gasteiger charge is -2.19. The van der Waals surface area contributed by atoms with Crippen LogP contribution in [0.25, 0.3) is 5.69 Å². The van der Waals surface area contributed by atoms with Crippen molar-refractivity contribution in [3.05, 3.63) is 60.4 Å². The molecule has 0 fully saturated rings. The molecule has 146 valence electrons. The van der Waals surface area contributed by atoms with Gasteiger partial charge in [0.1, 0.15) is 6.33 Å². The van der Waals surface area contributed by atoms with Crippen molar-refractivity contribution in [3.63, 3.8) is 0 Å². The Morgan fingerprint density at radius 2 is 1.86 bits per heavy atom. The highest BCUT2D eigenvalue weighted by Crippen LogP contribution is 2.21. The van der Waals surface area contributed by atoms with Gasteiger partial charge in [-0.05, 0) is 40.8 Å². The number of sulfonamides is 1. The Morgan fingerprint density at radius 1 is 1.11 bits per heavy atom. The molecule has 1 heterocycles. The molecule has 0 spiro atoms. The van der Waals surface area contributed by atoms with Gasteiger partial charge in [-0.3, -0.25) is 4.79 Å². The predicted molar refractivity (Wildman–Crippen MR) is 104 cm³/mol. The summed E-state index contributed by atoms with van der Waals surface area (Å²) in [4.78, 5) is 12.9. The molecule has 1 N–H and O–H groups in total. The number of rotatable bonds is 7. The first-order chi connectivity index (χ1) is 13.5. The number of benzene rings is 2. The Hall–Kier alpha value is -3.11. The van der Waals surface area contributed by atoms with E-state index in [4.69, 9.17) is 0 Å². The smallest absolute Gasteiger partial charge is 0.257 e. The summed E-state index contributed by atoms with van der Waals surface area (Å²) in [5.74, 6) is -0.400. The minimum atomic E-state index is -3.62. The maximum absolute atomic E-state index is 12.8. The average molecular weight is 400 g/mol. The lowest BCUT2D eigenvalue weighted by Crippen LogP contribution is -2.30. The van der Waals surface area contributed by atoms with Crippen molar-refractivity contribution < 1.29 is 13.2 Å². The molecule has 3 aromatic rings. The number of hydrogen-bond donors (Lipinski definition) is 1. The van der Waals surface area contributed by atoms with E-state index in [1.807, 2.05) is 0 Å². The van der Waals surface area contributed by atoms with E-state index < -0.39 is 15.9 Å². The summed E-state index contributed by atoms with van der Waals surface area (Å²) in [6.45, 7) is 4.30. The van der Waals surface area contributed by atoms with E-state index in [1.54, 1.807) is 50.2 Å². The van der Waals surface area contributed by atoms with E-state index in [0.717, 1.165) is 0 Å². The second-order valence-electron chi connectivity index (χ2n) is 5.84. The quantitative estimate of drug-likeness (QED) is 0.649. The highest BCUT2D eigenvalue weighted by molar-refractivity contribution is 7.89. The van der Waals surface area contributed by atoms with Crippen molar-refractivity contribution in [3.8, 4) is 5.69 Å². The first-order valence-corrected chi connectivity index (χ1v) is 10.1. The maximum Gasteiger partial charge on any atom is 0.257 e. The number of anilines is 1. The Morgan fingerprint density at radius 3 is 2.54 bits per heavy atom. The van der Waals surface area contributed by atoms with E-state index in [0.29, 0.717) is 30.0 Å². The van der Waals surface area contributed by atoms with Gasteiger partial charge in [0.25, 0.3) is 5.91 Å². The topological polar surface area (TPSA) is 110 Å². The molecule has 10 heteroatoms. The van der Waals surface area contributed by atoms with Crippen LogP contribution >= 0.6 is 0 Å². The monoisotopic (exact) mass is 400 g/mol. The molecule has 0 aliphatic carbocycles. The van der Waals surface area contributed by atoms with Crippen molar-refractivity contribution in [2.45, 2.75) is 18.7 Å². The number of hydrogen-bond acceptors (Lipinski definition) is 6. The lowest BCUT2D eigenvalue weighted by molar-refractivity contribution is 0.102. The van der Waals surface area contributed by atoms with Crippen LogP contribution in [0.4, 0.5) is 5.69 Å². The fraction of sp³-hybridized carbons (Fsp3) is 0.222. The predicted octanol–water partition coefficient (Wildman–Crippen LogP) is 1.95. The van der Waals surface area contributed by atoms with Gasteiger partial charge in [-0.25, -0.2) is 8.42 Å². The standard InChI is InChI=1S/C18H20N6O3S/c1-3-23(4-2)28(26,27)15-9-7-8-14(12-15)20-18(25)16-10-5-6-11-17(16)24-13-19-21-22-24/h5-13H,3-4H2,1-2H3,(H,20,25). The molecule has 1 aromatic heterocycles. The van der Waals surface area contributed by atoms with Crippen LogP contribution in [0.15, 0.2) is 59.8 Å². The zero-order valence-corrected chi connectivity index (χ0v) is 16.3. The number of aromatic nitrogens is 4. The van der Waals surface area contributed by atoms with Crippen molar-refractivity contribution in [2.24, 2.45) is 0 Å². The Balaban J connectivity index is 1.89. The van der Waals surface area contributed by atoms with Crippen LogP contribution in [0.3, 0.4) is 0 Å². The molecule has 0 unspecified atom stereocenters. The van der Waals surface area contributed by atoms with Crippen LogP contribution in [0.5, 0.6) is 0 Å². The molecule has 0 atom stereocenters. The molecule has 2 aromatic carbocycles. The first kappa shape index (κ1) is 19.6. The minimum Gasteiger partial charge on any atom is -0.322 e. The fourth-order valence-electron chi connectivity index (χ4n) is 2.78. The number of carbonyl (C=O) groups excluding carboxylic acids is 1. The molecule has 0 radical (unpaired) electrons. The fourth-order valence-corrected chi connectivity index (χ4v) is 4.29. The van der Waals surface area contributed by atoms with Gasteiger partial charge in [0.05, 0.1) is 16.1 Å². The van der Waals surface area contributed by atoms with Gasteiger partial charge in [0.15, 0.2) is 0 Å². The summed E-state index contributed by atoms with van der Waals surface area (Å²) in [6, 6.07) is 13.0. The molecule has 0 saturated carbocycles. The van der Waals surface area contributed by atoms with Gasteiger partial charge in [-0.1, -0.05) is 32.0 Å². The zero-order chi connectivity index (χ0) is 20.1. The average Bonchev–Trinajstić information content (AvgIpc) is 3.23. The van der Waals surface area contributed by atoms with Crippen LogP contribution in [0.1, 0.15) is 24.2 Å². The van der Waals surface area contributed by atoms with Crippen LogP contribution < -0.4 is 5.32 Å². The van der Waals surface area contributed by atoms with Crippen molar-refractivity contribution in [1.82, 2.24) is 24.5 Å². The van der Waals surface area contributed by atoms with Crippen LogP contribution in [0, 0.1) is 0 Å². The normalized spacial score (nSPS) is 11.5. The summed E-state index contributed by atoms with van der Waals surface area (Å²) in [6.07, 6.45) is 1.39. The van der Waals surface area contributed by atoms with Gasteiger partial charge in [0.2, 0.25) is 10.0 Å². The van der Waals surface area contributed by atoms with E-state index in [2.05, 4.69) is 20.8 Å². The van der Waals surface area contributed by atoms with Crippen molar-refractivity contribution >= 4 is 21.6 Å². The second kappa shape index (κ2) is 8.28. The zero-order valence-electron chi connectivity index (χ0n) is 15.5. The summed E-state index contributed by atoms with van der Waals surface area (Å²) in [5, 5.41) is 13.7. The summed E-state index contributed by atoms with van der Waals surface area (Å²) < 4.78 is 28.1. The van der Waals surface area contributed by atoms with E-state index >= 15 is 0 Å². The molecule has 28 heavy (non-hydrogen) atoms. The van der Waals surface area contributed by atoms with Crippen LogP contribution in [-0.2, 0) is 10.0 Å². The number of carbonyl (C=O) groups is 1. The summed E-state index contributed by atoms with van der Waals surface area (Å²) in [7, 11) is -3.62. The largest absolute Gasteiger partial charge is 0.322 e. The van der Waals surface area contributed by atoms with Crippen LogP contribution in [-0.4, -0.2) is 51.9 Å². The highest BCUT2D eigenvalue weighted by Gasteiger charge is 2.22. The molecule has 0 saturated heterocycles. The minimum absolute atomic E-state index is 0.128. The van der Waals surface area contributed by atoms with E-state index in [-0.39, 0.29) is 4.90 Å². The molecule has 3 rings (SSSR count). The third-order valence-corrected chi connectivity index (χ3v) is 6.23. The Labute approximate surface area is 163 Å². The summed E-state index contributed by atoms with van der Waals surface area (Å²) in [5.41, 5.74) is 1.24.